The van der Waals surface area contributed by atoms with Crippen molar-refractivity contribution >= 4 is 23.5 Å². The number of hydrogen-bond acceptors (Lipinski definition) is 4. The molecule has 0 saturated heterocycles. The predicted octanol–water partition coefficient (Wildman–Crippen LogP) is 3.13. The fourth-order valence-corrected chi connectivity index (χ4v) is 2.99. The van der Waals surface area contributed by atoms with E-state index in [0.29, 0.717) is 11.1 Å². The van der Waals surface area contributed by atoms with E-state index in [0.717, 1.165) is 5.56 Å². The van der Waals surface area contributed by atoms with Crippen LogP contribution in [0.3, 0.4) is 0 Å². The number of rotatable bonds is 5. The topological polar surface area (TPSA) is 61.7 Å². The third-order valence-corrected chi connectivity index (χ3v) is 4.34. The van der Waals surface area contributed by atoms with Gasteiger partial charge in [-0.25, -0.2) is 5.43 Å². The van der Waals surface area contributed by atoms with Crippen LogP contribution in [-0.4, -0.2) is 17.2 Å². The second-order valence-corrected chi connectivity index (χ2v) is 5.98. The summed E-state index contributed by atoms with van der Waals surface area (Å²) in [4.78, 5) is 12.7. The first kappa shape index (κ1) is 16.1. The third kappa shape index (κ3) is 3.27. The van der Waals surface area contributed by atoms with E-state index in [-0.39, 0.29) is 0 Å². The summed E-state index contributed by atoms with van der Waals surface area (Å²) >= 11 is 1.54. The highest BCUT2D eigenvalue weighted by Crippen LogP contribution is 2.29. The van der Waals surface area contributed by atoms with Gasteiger partial charge < -0.3 is 5.11 Å². The van der Waals surface area contributed by atoms with Gasteiger partial charge in [0.1, 0.15) is 0 Å². The Morgan fingerprint density at radius 2 is 1.58 bits per heavy atom. The summed E-state index contributed by atoms with van der Waals surface area (Å²) in [5.41, 5.74) is 2.50. The molecule has 0 spiro atoms. The molecule has 3 aromatic rings. The fraction of sp³-hybridized carbons (Fsp3) is 0.0526. The Morgan fingerprint density at radius 3 is 2.08 bits per heavy atom. The summed E-state index contributed by atoms with van der Waals surface area (Å²) < 4.78 is 0. The Balaban J connectivity index is 1.91. The highest BCUT2D eigenvalue weighted by atomic mass is 32.1. The van der Waals surface area contributed by atoms with Crippen molar-refractivity contribution in [2.75, 3.05) is 0 Å². The zero-order valence-electron chi connectivity index (χ0n) is 12.8. The van der Waals surface area contributed by atoms with Crippen LogP contribution in [0, 0.1) is 0 Å². The minimum Gasteiger partial charge on any atom is -0.372 e. The lowest BCUT2D eigenvalue weighted by atomic mass is 9.85. The lowest BCUT2D eigenvalue weighted by Crippen LogP contribution is -2.43. The molecule has 0 saturated carbocycles. The fourth-order valence-electron chi connectivity index (χ4n) is 2.38. The first-order valence-corrected chi connectivity index (χ1v) is 8.34. The van der Waals surface area contributed by atoms with Crippen molar-refractivity contribution in [2.24, 2.45) is 5.10 Å². The zero-order valence-corrected chi connectivity index (χ0v) is 13.6. The summed E-state index contributed by atoms with van der Waals surface area (Å²) in [6.45, 7) is 0. The van der Waals surface area contributed by atoms with E-state index in [1.54, 1.807) is 66.1 Å². The van der Waals surface area contributed by atoms with Gasteiger partial charge in [0.25, 0.3) is 5.91 Å². The van der Waals surface area contributed by atoms with Crippen molar-refractivity contribution in [3.8, 4) is 0 Å². The molecule has 5 heteroatoms. The van der Waals surface area contributed by atoms with Gasteiger partial charge in [0.05, 0.1) is 6.21 Å². The van der Waals surface area contributed by atoms with Crippen molar-refractivity contribution in [1.82, 2.24) is 5.43 Å². The highest BCUT2D eigenvalue weighted by molar-refractivity contribution is 7.08. The SMILES string of the molecule is O=C(NN=Cc1ccsc1)C(O)(c1ccccc1)c1ccccc1. The van der Waals surface area contributed by atoms with E-state index < -0.39 is 11.5 Å². The number of hydrogen-bond donors (Lipinski definition) is 2. The third-order valence-electron chi connectivity index (χ3n) is 3.63. The van der Waals surface area contributed by atoms with Crippen molar-refractivity contribution in [2.45, 2.75) is 5.60 Å². The van der Waals surface area contributed by atoms with Gasteiger partial charge in [-0.05, 0) is 28.0 Å². The lowest BCUT2D eigenvalue weighted by molar-refractivity contribution is -0.136. The minimum atomic E-state index is -1.81. The predicted molar refractivity (Wildman–Crippen MR) is 95.9 cm³/mol. The molecule has 0 radical (unpaired) electrons. The second-order valence-electron chi connectivity index (χ2n) is 5.20. The number of amides is 1. The molecule has 1 aromatic heterocycles. The molecule has 120 valence electrons. The van der Waals surface area contributed by atoms with E-state index in [9.17, 15) is 9.90 Å². The Morgan fingerprint density at radius 1 is 1.00 bits per heavy atom. The number of thiophene rings is 1. The maximum Gasteiger partial charge on any atom is 0.281 e. The number of nitrogens with one attached hydrogen (secondary N) is 1. The monoisotopic (exact) mass is 336 g/mol. The number of nitrogens with zero attached hydrogens (tertiary/aromatic N) is 1. The molecule has 0 unspecified atom stereocenters. The molecular weight excluding hydrogens is 320 g/mol. The number of carbonyl (C=O) groups excluding carboxylic acids is 1. The van der Waals surface area contributed by atoms with Gasteiger partial charge in [-0.3, -0.25) is 4.79 Å². The molecule has 0 aliphatic carbocycles. The van der Waals surface area contributed by atoms with Crippen LogP contribution in [-0.2, 0) is 10.4 Å². The number of aliphatic hydroxyl groups is 1. The molecule has 3 rings (SSSR count). The summed E-state index contributed by atoms with van der Waals surface area (Å²) in [6, 6.07) is 19.6. The van der Waals surface area contributed by atoms with E-state index in [4.69, 9.17) is 0 Å². The van der Waals surface area contributed by atoms with Crippen LogP contribution in [0.1, 0.15) is 16.7 Å². The van der Waals surface area contributed by atoms with Crippen molar-refractivity contribution in [3.05, 3.63) is 94.2 Å². The largest absolute Gasteiger partial charge is 0.372 e. The van der Waals surface area contributed by atoms with E-state index in [1.807, 2.05) is 29.0 Å². The second kappa shape index (κ2) is 7.21. The molecule has 0 bridgehead atoms. The zero-order chi connectivity index (χ0) is 16.8. The van der Waals surface area contributed by atoms with Gasteiger partial charge in [0, 0.05) is 5.56 Å². The molecule has 0 fully saturated rings. The maximum absolute atomic E-state index is 12.7. The van der Waals surface area contributed by atoms with Crippen molar-refractivity contribution in [3.63, 3.8) is 0 Å². The number of carbonyl (C=O) groups is 1. The molecule has 0 aliphatic rings. The van der Waals surface area contributed by atoms with Crippen molar-refractivity contribution in [1.29, 1.82) is 0 Å². The quantitative estimate of drug-likeness (QED) is 0.555. The van der Waals surface area contributed by atoms with E-state index in [2.05, 4.69) is 10.5 Å². The van der Waals surface area contributed by atoms with Crippen LogP contribution in [0.25, 0.3) is 0 Å². The first-order valence-electron chi connectivity index (χ1n) is 7.40. The molecule has 2 N–H and O–H groups in total. The maximum atomic E-state index is 12.7. The molecule has 24 heavy (non-hydrogen) atoms. The number of benzene rings is 2. The van der Waals surface area contributed by atoms with Crippen LogP contribution in [0.4, 0.5) is 0 Å². The Kier molecular flexibility index (Phi) is 4.84. The summed E-state index contributed by atoms with van der Waals surface area (Å²) in [7, 11) is 0. The molecule has 1 heterocycles. The molecule has 0 aliphatic heterocycles. The summed E-state index contributed by atoms with van der Waals surface area (Å²) in [6.07, 6.45) is 1.55. The highest BCUT2D eigenvalue weighted by Gasteiger charge is 2.39. The molecule has 0 atom stereocenters. The minimum absolute atomic E-state index is 0.486. The van der Waals surface area contributed by atoms with Gasteiger partial charge in [0.15, 0.2) is 5.60 Å². The molecule has 4 nitrogen and oxygen atoms in total. The van der Waals surface area contributed by atoms with Crippen molar-refractivity contribution < 1.29 is 9.90 Å². The standard InChI is InChI=1S/C19H16N2O2S/c22-18(21-20-13-15-11-12-24-14-15)19(23,16-7-3-1-4-8-16)17-9-5-2-6-10-17/h1-14,23H,(H,21,22). The Hall–Kier alpha value is -2.76. The van der Waals surface area contributed by atoms with Gasteiger partial charge >= 0.3 is 0 Å². The number of hydrazone groups is 1. The lowest BCUT2D eigenvalue weighted by Gasteiger charge is -2.27. The Bertz CT molecular complexity index is 776. The van der Waals surface area contributed by atoms with E-state index >= 15 is 0 Å². The van der Waals surface area contributed by atoms with Gasteiger partial charge in [-0.15, -0.1) is 0 Å². The van der Waals surface area contributed by atoms with Gasteiger partial charge in [0.2, 0.25) is 0 Å². The van der Waals surface area contributed by atoms with Crippen LogP contribution >= 0.6 is 11.3 Å². The summed E-state index contributed by atoms with van der Waals surface area (Å²) in [5.74, 6) is -0.605. The van der Waals surface area contributed by atoms with Gasteiger partial charge in [-0.2, -0.15) is 16.4 Å². The Labute approximate surface area is 144 Å². The van der Waals surface area contributed by atoms with Crippen LogP contribution in [0.5, 0.6) is 0 Å². The summed E-state index contributed by atoms with van der Waals surface area (Å²) in [5, 5.41) is 19.0. The molecule has 1 amide bonds. The normalized spacial score (nSPS) is 11.5. The smallest absolute Gasteiger partial charge is 0.281 e. The van der Waals surface area contributed by atoms with Gasteiger partial charge in [-0.1, -0.05) is 60.7 Å². The van der Waals surface area contributed by atoms with Crippen LogP contribution < -0.4 is 5.43 Å². The molecule has 2 aromatic carbocycles. The van der Waals surface area contributed by atoms with Crippen LogP contribution in [0.15, 0.2) is 82.6 Å². The van der Waals surface area contributed by atoms with Crippen LogP contribution in [0.2, 0.25) is 0 Å². The first-order chi connectivity index (χ1) is 11.7. The average molecular weight is 336 g/mol. The van der Waals surface area contributed by atoms with E-state index in [1.165, 1.54) is 0 Å². The average Bonchev–Trinajstić information content (AvgIpc) is 3.16. The molecular formula is C19H16N2O2S.